The molecule has 1 aliphatic heterocycles. The van der Waals surface area contributed by atoms with Crippen molar-refractivity contribution in [2.75, 3.05) is 11.9 Å². The zero-order chi connectivity index (χ0) is 15.6. The van der Waals surface area contributed by atoms with Crippen molar-refractivity contribution < 1.29 is 9.59 Å². The van der Waals surface area contributed by atoms with Crippen LogP contribution in [0.4, 0.5) is 5.69 Å². The minimum atomic E-state index is -0.618. The lowest BCUT2D eigenvalue weighted by Gasteiger charge is -2.38. The molecule has 1 aromatic carbocycles. The summed E-state index contributed by atoms with van der Waals surface area (Å²) in [6, 6.07) is 4.44. The molecule has 4 N–H and O–H groups in total. The number of piperidine rings is 1. The average molecular weight is 310 g/mol. The number of primary amides is 1. The monoisotopic (exact) mass is 309 g/mol. The Kier molecular flexibility index (Phi) is 4.54. The summed E-state index contributed by atoms with van der Waals surface area (Å²) >= 11 is 5.90. The zero-order valence-corrected chi connectivity index (χ0v) is 13.0. The van der Waals surface area contributed by atoms with E-state index in [4.69, 9.17) is 17.3 Å². The number of hydrogen-bond donors (Lipinski definition) is 3. The minimum absolute atomic E-state index is 0.110. The first kappa shape index (κ1) is 15.8. The third-order valence-electron chi connectivity index (χ3n) is 3.89. The average Bonchev–Trinajstić information content (AvgIpc) is 2.40. The van der Waals surface area contributed by atoms with Crippen molar-refractivity contribution >= 4 is 29.1 Å². The summed E-state index contributed by atoms with van der Waals surface area (Å²) in [7, 11) is 0. The van der Waals surface area contributed by atoms with E-state index in [1.54, 1.807) is 12.1 Å². The van der Waals surface area contributed by atoms with Gasteiger partial charge in [-0.3, -0.25) is 9.59 Å². The van der Waals surface area contributed by atoms with Crippen molar-refractivity contribution in [2.45, 2.75) is 32.7 Å². The lowest BCUT2D eigenvalue weighted by atomic mass is 9.77. The molecular formula is C15H20ClN3O2. The van der Waals surface area contributed by atoms with E-state index in [1.807, 2.05) is 0 Å². The van der Waals surface area contributed by atoms with Crippen molar-refractivity contribution in [1.82, 2.24) is 5.32 Å². The van der Waals surface area contributed by atoms with Crippen LogP contribution in [0.15, 0.2) is 18.2 Å². The summed E-state index contributed by atoms with van der Waals surface area (Å²) in [6.45, 7) is 4.97. The van der Waals surface area contributed by atoms with E-state index in [2.05, 4.69) is 24.5 Å². The van der Waals surface area contributed by atoms with E-state index in [0.29, 0.717) is 5.69 Å². The Morgan fingerprint density at radius 1 is 1.43 bits per heavy atom. The number of carbonyl (C=O) groups excluding carboxylic acids is 2. The maximum Gasteiger partial charge on any atom is 0.250 e. The molecule has 0 bridgehead atoms. The lowest BCUT2D eigenvalue weighted by Crippen LogP contribution is -2.53. The Balaban J connectivity index is 2.16. The Labute approximate surface area is 129 Å². The second-order valence-electron chi connectivity index (χ2n) is 6.03. The second-order valence-corrected chi connectivity index (χ2v) is 6.43. The highest BCUT2D eigenvalue weighted by Crippen LogP contribution is 2.31. The first-order chi connectivity index (χ1) is 9.81. The van der Waals surface area contributed by atoms with Crippen LogP contribution in [-0.2, 0) is 4.79 Å². The number of anilines is 1. The molecule has 0 aliphatic carbocycles. The van der Waals surface area contributed by atoms with Crippen LogP contribution in [0.5, 0.6) is 0 Å². The maximum atomic E-state index is 12.4. The number of rotatable bonds is 3. The van der Waals surface area contributed by atoms with Crippen molar-refractivity contribution in [2.24, 2.45) is 11.1 Å². The lowest BCUT2D eigenvalue weighted by molar-refractivity contribution is -0.121. The van der Waals surface area contributed by atoms with Gasteiger partial charge in [-0.15, -0.1) is 0 Å². The summed E-state index contributed by atoms with van der Waals surface area (Å²) in [5.74, 6) is -0.732. The Bertz CT molecular complexity index is 572. The molecule has 114 valence electrons. The van der Waals surface area contributed by atoms with Gasteiger partial charge in [0.05, 0.1) is 16.6 Å². The molecule has 1 fully saturated rings. The molecule has 0 radical (unpaired) electrons. The first-order valence-corrected chi connectivity index (χ1v) is 7.33. The van der Waals surface area contributed by atoms with Gasteiger partial charge in [-0.1, -0.05) is 25.4 Å². The predicted molar refractivity (Wildman–Crippen MR) is 83.4 cm³/mol. The molecule has 1 atom stereocenters. The van der Waals surface area contributed by atoms with Gasteiger partial charge in [-0.25, -0.2) is 0 Å². The molecule has 1 aromatic rings. The summed E-state index contributed by atoms with van der Waals surface area (Å²) in [5, 5.41) is 6.34. The molecule has 2 rings (SSSR count). The van der Waals surface area contributed by atoms with E-state index in [0.717, 1.165) is 19.4 Å². The zero-order valence-electron chi connectivity index (χ0n) is 12.2. The van der Waals surface area contributed by atoms with Crippen LogP contribution in [0.2, 0.25) is 5.02 Å². The van der Waals surface area contributed by atoms with Crippen molar-refractivity contribution in [3.8, 4) is 0 Å². The molecule has 6 heteroatoms. The van der Waals surface area contributed by atoms with Crippen LogP contribution >= 0.6 is 11.6 Å². The van der Waals surface area contributed by atoms with Gasteiger partial charge < -0.3 is 16.4 Å². The normalized spacial score (nSPS) is 20.8. The quantitative estimate of drug-likeness (QED) is 0.800. The predicted octanol–water partition coefficient (Wildman–Crippen LogP) is 2.16. The molecule has 1 unspecified atom stereocenters. The summed E-state index contributed by atoms with van der Waals surface area (Å²) in [5.41, 5.74) is 5.86. The van der Waals surface area contributed by atoms with Crippen molar-refractivity contribution in [3.05, 3.63) is 28.8 Å². The highest BCUT2D eigenvalue weighted by Gasteiger charge is 2.37. The van der Waals surface area contributed by atoms with Gasteiger partial charge >= 0.3 is 0 Å². The summed E-state index contributed by atoms with van der Waals surface area (Å²) in [4.78, 5) is 23.7. The van der Waals surface area contributed by atoms with Gasteiger partial charge in [0.2, 0.25) is 11.8 Å². The standard InChI is InChI=1S/C15H20ClN3O2/c1-15(2)6-3-7-18-12(15)14(21)19-9-4-5-11(16)10(8-9)13(17)20/h4-5,8,12,18H,3,6-7H2,1-2H3,(H2,17,20)(H,19,21). The van der Waals surface area contributed by atoms with Crippen molar-refractivity contribution in [1.29, 1.82) is 0 Å². The summed E-state index contributed by atoms with van der Waals surface area (Å²) in [6.07, 6.45) is 2.05. The van der Waals surface area contributed by atoms with Crippen molar-refractivity contribution in [3.63, 3.8) is 0 Å². The Morgan fingerprint density at radius 2 is 2.14 bits per heavy atom. The smallest absolute Gasteiger partial charge is 0.250 e. The number of nitrogens with two attached hydrogens (primary N) is 1. The van der Waals surface area contributed by atoms with Gasteiger partial charge in [-0.2, -0.15) is 0 Å². The Hall–Kier alpha value is -1.59. The fourth-order valence-electron chi connectivity index (χ4n) is 2.66. The number of benzene rings is 1. The third-order valence-corrected chi connectivity index (χ3v) is 4.22. The fraction of sp³-hybridized carbons (Fsp3) is 0.467. The number of amides is 2. The Morgan fingerprint density at radius 3 is 2.76 bits per heavy atom. The van der Waals surface area contributed by atoms with Gasteiger partial charge in [0.25, 0.3) is 0 Å². The molecule has 0 spiro atoms. The largest absolute Gasteiger partial charge is 0.366 e. The number of hydrogen-bond acceptors (Lipinski definition) is 3. The molecule has 1 aliphatic rings. The van der Waals surface area contributed by atoms with E-state index in [1.165, 1.54) is 6.07 Å². The van der Waals surface area contributed by atoms with Gasteiger partial charge in [0.15, 0.2) is 0 Å². The van der Waals surface area contributed by atoms with Crippen LogP contribution in [0.25, 0.3) is 0 Å². The molecule has 21 heavy (non-hydrogen) atoms. The van der Waals surface area contributed by atoms with E-state index >= 15 is 0 Å². The third kappa shape index (κ3) is 3.54. The molecule has 1 saturated heterocycles. The number of halogens is 1. The molecule has 2 amide bonds. The molecule has 5 nitrogen and oxygen atoms in total. The van der Waals surface area contributed by atoms with Gasteiger partial charge in [0.1, 0.15) is 0 Å². The minimum Gasteiger partial charge on any atom is -0.366 e. The van der Waals surface area contributed by atoms with Crippen LogP contribution in [0.3, 0.4) is 0 Å². The van der Waals surface area contributed by atoms with Crippen LogP contribution in [-0.4, -0.2) is 24.4 Å². The first-order valence-electron chi connectivity index (χ1n) is 6.95. The fourth-order valence-corrected chi connectivity index (χ4v) is 2.88. The van der Waals surface area contributed by atoms with Crippen LogP contribution in [0, 0.1) is 5.41 Å². The van der Waals surface area contributed by atoms with Gasteiger partial charge in [0, 0.05) is 5.69 Å². The van der Waals surface area contributed by atoms with E-state index in [9.17, 15) is 9.59 Å². The highest BCUT2D eigenvalue weighted by molar-refractivity contribution is 6.34. The summed E-state index contributed by atoms with van der Waals surface area (Å²) < 4.78 is 0. The van der Waals surface area contributed by atoms with Crippen LogP contribution < -0.4 is 16.4 Å². The number of carbonyl (C=O) groups is 2. The molecular weight excluding hydrogens is 290 g/mol. The molecule has 0 aromatic heterocycles. The van der Waals surface area contributed by atoms with Gasteiger partial charge in [-0.05, 0) is 43.0 Å². The van der Waals surface area contributed by atoms with E-state index in [-0.39, 0.29) is 28.0 Å². The molecule has 1 heterocycles. The topological polar surface area (TPSA) is 84.2 Å². The number of nitrogens with one attached hydrogen (secondary N) is 2. The maximum absolute atomic E-state index is 12.4. The molecule has 0 saturated carbocycles. The highest BCUT2D eigenvalue weighted by atomic mass is 35.5. The van der Waals surface area contributed by atoms with E-state index < -0.39 is 5.91 Å². The SMILES string of the molecule is CC1(C)CCCNC1C(=O)Nc1ccc(Cl)c(C(N)=O)c1. The van der Waals surface area contributed by atoms with Crippen LogP contribution in [0.1, 0.15) is 37.0 Å². The second kappa shape index (κ2) is 6.03.